The molecular weight excluding hydrogens is 260 g/mol. The zero-order chi connectivity index (χ0) is 14.7. The van der Waals surface area contributed by atoms with Crippen LogP contribution in [-0.2, 0) is 13.5 Å². The summed E-state index contributed by atoms with van der Waals surface area (Å²) >= 11 is 0. The Morgan fingerprint density at radius 2 is 1.90 bits per heavy atom. The van der Waals surface area contributed by atoms with Gasteiger partial charge >= 0.3 is 0 Å². The molecule has 1 N–H and O–H groups in total. The van der Waals surface area contributed by atoms with Crippen molar-refractivity contribution >= 4 is 0 Å². The Labute approximate surface area is 117 Å². The van der Waals surface area contributed by atoms with Gasteiger partial charge in [-0.2, -0.15) is 5.10 Å². The third kappa shape index (κ3) is 2.72. The first-order valence-electron chi connectivity index (χ1n) is 6.78. The molecule has 108 valence electrons. The van der Waals surface area contributed by atoms with Crippen molar-refractivity contribution in [3.63, 3.8) is 0 Å². The summed E-state index contributed by atoms with van der Waals surface area (Å²) in [7, 11) is 1.79. The molecule has 0 bridgehead atoms. The predicted molar refractivity (Wildman–Crippen MR) is 74.5 cm³/mol. The van der Waals surface area contributed by atoms with Gasteiger partial charge < -0.3 is 5.32 Å². The van der Waals surface area contributed by atoms with Crippen molar-refractivity contribution in [2.24, 2.45) is 7.05 Å². The Kier molecular flexibility index (Phi) is 4.49. The van der Waals surface area contributed by atoms with E-state index in [-0.39, 0.29) is 5.56 Å². The van der Waals surface area contributed by atoms with E-state index in [1.807, 2.05) is 19.9 Å². The van der Waals surface area contributed by atoms with Crippen LogP contribution in [0.1, 0.15) is 36.8 Å². The zero-order valence-corrected chi connectivity index (χ0v) is 12.0. The molecule has 1 aromatic carbocycles. The Morgan fingerprint density at radius 3 is 2.40 bits per heavy atom. The number of halogens is 2. The average Bonchev–Trinajstić information content (AvgIpc) is 2.78. The molecule has 1 atom stereocenters. The molecule has 0 amide bonds. The summed E-state index contributed by atoms with van der Waals surface area (Å²) in [5.41, 5.74) is 1.70. The van der Waals surface area contributed by atoms with Gasteiger partial charge in [-0.3, -0.25) is 4.68 Å². The SMILES string of the molecule is CCNC(c1c(F)cccc1F)c1cc(CC)nn1C. The van der Waals surface area contributed by atoms with E-state index in [9.17, 15) is 8.78 Å². The largest absolute Gasteiger partial charge is 0.305 e. The van der Waals surface area contributed by atoms with Gasteiger partial charge in [-0.25, -0.2) is 8.78 Å². The van der Waals surface area contributed by atoms with Crippen LogP contribution in [0.5, 0.6) is 0 Å². The molecule has 0 aliphatic carbocycles. The fourth-order valence-corrected chi connectivity index (χ4v) is 2.33. The van der Waals surface area contributed by atoms with Crippen LogP contribution in [0.3, 0.4) is 0 Å². The van der Waals surface area contributed by atoms with Crippen LogP contribution in [0, 0.1) is 11.6 Å². The summed E-state index contributed by atoms with van der Waals surface area (Å²) in [6.07, 6.45) is 0.784. The van der Waals surface area contributed by atoms with Gasteiger partial charge in [0.1, 0.15) is 11.6 Å². The summed E-state index contributed by atoms with van der Waals surface area (Å²) in [6, 6.07) is 5.27. The first-order valence-corrected chi connectivity index (χ1v) is 6.78. The first-order chi connectivity index (χ1) is 9.58. The first kappa shape index (κ1) is 14.7. The molecule has 0 aliphatic heterocycles. The Hall–Kier alpha value is -1.75. The third-order valence-corrected chi connectivity index (χ3v) is 3.32. The van der Waals surface area contributed by atoms with Crippen LogP contribution in [-0.4, -0.2) is 16.3 Å². The molecule has 1 aromatic heterocycles. The van der Waals surface area contributed by atoms with Gasteiger partial charge in [-0.15, -0.1) is 0 Å². The van der Waals surface area contributed by atoms with Crippen molar-refractivity contribution in [3.05, 3.63) is 52.9 Å². The van der Waals surface area contributed by atoms with Gasteiger partial charge in [0.15, 0.2) is 0 Å². The van der Waals surface area contributed by atoms with E-state index in [1.54, 1.807) is 11.7 Å². The lowest BCUT2D eigenvalue weighted by molar-refractivity contribution is 0.493. The van der Waals surface area contributed by atoms with Crippen LogP contribution in [0.15, 0.2) is 24.3 Å². The van der Waals surface area contributed by atoms with E-state index >= 15 is 0 Å². The van der Waals surface area contributed by atoms with Gasteiger partial charge in [0.25, 0.3) is 0 Å². The summed E-state index contributed by atoms with van der Waals surface area (Å²) in [5.74, 6) is -1.09. The van der Waals surface area contributed by atoms with Crippen LogP contribution in [0.2, 0.25) is 0 Å². The highest BCUT2D eigenvalue weighted by Crippen LogP contribution is 2.27. The summed E-state index contributed by atoms with van der Waals surface area (Å²) in [5, 5.41) is 7.48. The Morgan fingerprint density at radius 1 is 1.25 bits per heavy atom. The molecule has 1 heterocycles. The number of nitrogens with one attached hydrogen (secondary N) is 1. The van der Waals surface area contributed by atoms with Crippen molar-refractivity contribution in [2.45, 2.75) is 26.3 Å². The lowest BCUT2D eigenvalue weighted by Crippen LogP contribution is -2.26. The van der Waals surface area contributed by atoms with Gasteiger partial charge in [0.05, 0.1) is 17.4 Å². The number of benzene rings is 1. The van der Waals surface area contributed by atoms with E-state index in [1.165, 1.54) is 18.2 Å². The molecule has 2 rings (SSSR count). The molecule has 2 aromatic rings. The number of aromatic nitrogens is 2. The molecule has 0 radical (unpaired) electrons. The van der Waals surface area contributed by atoms with E-state index in [0.717, 1.165) is 17.8 Å². The van der Waals surface area contributed by atoms with E-state index in [4.69, 9.17) is 0 Å². The zero-order valence-electron chi connectivity index (χ0n) is 12.0. The van der Waals surface area contributed by atoms with Crippen LogP contribution < -0.4 is 5.32 Å². The summed E-state index contributed by atoms with van der Waals surface area (Å²) in [4.78, 5) is 0. The third-order valence-electron chi connectivity index (χ3n) is 3.32. The fraction of sp³-hybridized carbons (Fsp3) is 0.400. The molecular formula is C15H19F2N3. The lowest BCUT2D eigenvalue weighted by Gasteiger charge is -2.19. The number of rotatable bonds is 5. The van der Waals surface area contributed by atoms with Gasteiger partial charge in [0.2, 0.25) is 0 Å². The molecule has 0 spiro atoms. The van der Waals surface area contributed by atoms with Crippen molar-refractivity contribution in [1.29, 1.82) is 0 Å². The molecule has 20 heavy (non-hydrogen) atoms. The predicted octanol–water partition coefficient (Wildman–Crippen LogP) is 2.96. The molecule has 0 fully saturated rings. The average molecular weight is 279 g/mol. The fourth-order valence-electron chi connectivity index (χ4n) is 2.33. The number of aryl methyl sites for hydroxylation is 2. The van der Waals surface area contributed by atoms with Gasteiger partial charge in [-0.05, 0) is 31.2 Å². The lowest BCUT2D eigenvalue weighted by atomic mass is 10.0. The summed E-state index contributed by atoms with van der Waals surface area (Å²) < 4.78 is 29.7. The second kappa shape index (κ2) is 6.13. The minimum atomic E-state index is -0.546. The monoisotopic (exact) mass is 279 g/mol. The number of nitrogens with zero attached hydrogens (tertiary/aromatic N) is 2. The van der Waals surface area contributed by atoms with Crippen molar-refractivity contribution in [3.8, 4) is 0 Å². The van der Waals surface area contributed by atoms with Crippen molar-refractivity contribution in [2.75, 3.05) is 6.54 Å². The second-order valence-electron chi connectivity index (χ2n) is 4.66. The maximum atomic E-state index is 14.0. The van der Waals surface area contributed by atoms with Crippen molar-refractivity contribution < 1.29 is 8.78 Å². The maximum Gasteiger partial charge on any atom is 0.131 e. The minimum Gasteiger partial charge on any atom is -0.305 e. The minimum absolute atomic E-state index is 0.0417. The van der Waals surface area contributed by atoms with E-state index in [0.29, 0.717) is 6.54 Å². The molecule has 0 saturated carbocycles. The molecule has 1 unspecified atom stereocenters. The van der Waals surface area contributed by atoms with Crippen LogP contribution in [0.4, 0.5) is 8.78 Å². The molecule has 3 nitrogen and oxygen atoms in total. The number of hydrogen-bond donors (Lipinski definition) is 1. The number of hydrogen-bond acceptors (Lipinski definition) is 2. The normalized spacial score (nSPS) is 12.7. The second-order valence-corrected chi connectivity index (χ2v) is 4.66. The van der Waals surface area contributed by atoms with Crippen LogP contribution >= 0.6 is 0 Å². The molecule has 0 aliphatic rings. The Bertz CT molecular complexity index is 573. The highest BCUT2D eigenvalue weighted by molar-refractivity contribution is 5.31. The topological polar surface area (TPSA) is 29.9 Å². The Balaban J connectivity index is 2.53. The van der Waals surface area contributed by atoms with Gasteiger partial charge in [0, 0.05) is 12.6 Å². The van der Waals surface area contributed by atoms with Crippen LogP contribution in [0.25, 0.3) is 0 Å². The molecule has 5 heteroatoms. The van der Waals surface area contributed by atoms with E-state index in [2.05, 4.69) is 10.4 Å². The van der Waals surface area contributed by atoms with Crippen molar-refractivity contribution in [1.82, 2.24) is 15.1 Å². The quantitative estimate of drug-likeness (QED) is 0.912. The van der Waals surface area contributed by atoms with E-state index < -0.39 is 17.7 Å². The standard InChI is InChI=1S/C15H19F2N3/c1-4-10-9-13(20(3)19-10)15(18-5-2)14-11(16)7-6-8-12(14)17/h6-9,15,18H,4-5H2,1-3H3. The summed E-state index contributed by atoms with van der Waals surface area (Å²) in [6.45, 7) is 4.51. The highest BCUT2D eigenvalue weighted by Gasteiger charge is 2.24. The highest BCUT2D eigenvalue weighted by atomic mass is 19.1. The maximum absolute atomic E-state index is 14.0. The van der Waals surface area contributed by atoms with Gasteiger partial charge in [-0.1, -0.05) is 19.9 Å². The molecule has 0 saturated heterocycles. The smallest absolute Gasteiger partial charge is 0.131 e.